The van der Waals surface area contributed by atoms with Crippen LogP contribution in [0.1, 0.15) is 18.4 Å². The lowest BCUT2D eigenvalue weighted by Gasteiger charge is -2.06. The molecule has 1 fully saturated rings. The average molecular weight is 370 g/mol. The largest absolute Gasteiger partial charge is 0.338 e. The molecule has 1 aliphatic carbocycles. The highest BCUT2D eigenvalue weighted by molar-refractivity contribution is 7.91. The molecule has 0 amide bonds. The summed E-state index contributed by atoms with van der Waals surface area (Å²) < 4.78 is 25.8. The third kappa shape index (κ3) is 2.52. The molecule has 1 aromatic carbocycles. The number of fused-ring (bicyclic) bond motifs is 2. The number of aromatic nitrogens is 3. The first-order chi connectivity index (χ1) is 12.5. The number of hydrogen-bond acceptors (Lipinski definition) is 5. The summed E-state index contributed by atoms with van der Waals surface area (Å²) in [5.41, 5.74) is 2.18. The monoisotopic (exact) mass is 370 g/mol. The van der Waals surface area contributed by atoms with Gasteiger partial charge in [-0.2, -0.15) is 5.10 Å². The molecular weight excluding hydrogens is 352 g/mol. The van der Waals surface area contributed by atoms with Crippen LogP contribution in [0.2, 0.25) is 0 Å². The molecule has 8 heteroatoms. The molecule has 2 aliphatic rings. The Morgan fingerprint density at radius 2 is 2.12 bits per heavy atom. The van der Waals surface area contributed by atoms with Gasteiger partial charge in [0.05, 0.1) is 16.2 Å². The lowest BCUT2D eigenvalue weighted by Crippen LogP contribution is -2.06. The van der Waals surface area contributed by atoms with Crippen molar-refractivity contribution < 1.29 is 8.42 Å². The third-order valence-corrected chi connectivity index (χ3v) is 6.91. The van der Waals surface area contributed by atoms with E-state index in [9.17, 15) is 13.2 Å². The highest BCUT2D eigenvalue weighted by Gasteiger charge is 2.27. The van der Waals surface area contributed by atoms with E-state index in [1.165, 1.54) is 12.8 Å². The summed E-state index contributed by atoms with van der Waals surface area (Å²) in [6, 6.07) is 7.06. The van der Waals surface area contributed by atoms with Crippen molar-refractivity contribution in [3.63, 3.8) is 0 Å². The van der Waals surface area contributed by atoms with E-state index in [1.807, 2.05) is 16.8 Å². The summed E-state index contributed by atoms with van der Waals surface area (Å²) in [6.07, 6.45) is 4.56. The zero-order valence-corrected chi connectivity index (χ0v) is 14.8. The number of aromatic amines is 1. The van der Waals surface area contributed by atoms with Crippen LogP contribution < -0.4 is 10.9 Å². The van der Waals surface area contributed by atoms with Crippen molar-refractivity contribution in [1.82, 2.24) is 14.8 Å². The van der Waals surface area contributed by atoms with Gasteiger partial charge in [0.2, 0.25) is 0 Å². The maximum absolute atomic E-state index is 12.3. The Bertz CT molecular complexity index is 1190. The fraction of sp³-hybridized carbons (Fsp3) is 0.333. The second-order valence-electron chi connectivity index (χ2n) is 7.06. The van der Waals surface area contributed by atoms with E-state index in [2.05, 4.69) is 15.4 Å². The Hall–Kier alpha value is -2.61. The first-order valence-electron chi connectivity index (χ1n) is 8.72. The fourth-order valence-electron chi connectivity index (χ4n) is 3.56. The number of rotatable bonds is 4. The minimum absolute atomic E-state index is 0.157. The van der Waals surface area contributed by atoms with Gasteiger partial charge in [0.25, 0.3) is 5.56 Å². The SMILES string of the molecule is O=c1[nH]ccc2c1c(Nc1ccc3c(c1)CCS3(=O)=O)nn2CC1CC1. The Labute approximate surface area is 150 Å². The van der Waals surface area contributed by atoms with E-state index in [-0.39, 0.29) is 11.3 Å². The van der Waals surface area contributed by atoms with Crippen molar-refractivity contribution >= 4 is 32.2 Å². The van der Waals surface area contributed by atoms with Crippen LogP contribution in [0.3, 0.4) is 0 Å². The van der Waals surface area contributed by atoms with Crippen molar-refractivity contribution in [3.05, 3.63) is 46.4 Å². The van der Waals surface area contributed by atoms with Gasteiger partial charge in [-0.1, -0.05) is 0 Å². The standard InChI is InChI=1S/C18H18N4O3S/c23-18-16-14(5-7-19-18)22(10-11-1-2-11)21-17(16)20-13-3-4-15-12(9-13)6-8-26(15,24)25/h3-5,7,9,11H,1-2,6,8,10H2,(H,19,23)(H,20,21). The van der Waals surface area contributed by atoms with Crippen molar-refractivity contribution in [2.24, 2.45) is 5.92 Å². The van der Waals surface area contributed by atoms with E-state index in [4.69, 9.17) is 0 Å². The molecule has 2 aromatic heterocycles. The Balaban J connectivity index is 1.57. The fourth-order valence-corrected chi connectivity index (χ4v) is 5.10. The van der Waals surface area contributed by atoms with Gasteiger partial charge in [-0.15, -0.1) is 0 Å². The highest BCUT2D eigenvalue weighted by Crippen LogP contribution is 2.33. The number of benzene rings is 1. The van der Waals surface area contributed by atoms with E-state index in [1.54, 1.807) is 18.3 Å². The number of H-pyrrole nitrogens is 1. The molecule has 0 unspecified atom stereocenters. The Kier molecular flexibility index (Phi) is 3.27. The Morgan fingerprint density at radius 3 is 2.92 bits per heavy atom. The van der Waals surface area contributed by atoms with Crippen LogP contribution in [0.5, 0.6) is 0 Å². The first kappa shape index (κ1) is 15.6. The maximum Gasteiger partial charge on any atom is 0.261 e. The van der Waals surface area contributed by atoms with Gasteiger partial charge in [-0.3, -0.25) is 9.48 Å². The summed E-state index contributed by atoms with van der Waals surface area (Å²) in [5, 5.41) is 8.36. The summed E-state index contributed by atoms with van der Waals surface area (Å²) in [6.45, 7) is 0.810. The van der Waals surface area contributed by atoms with Gasteiger partial charge < -0.3 is 10.3 Å². The topological polar surface area (TPSA) is 96.8 Å². The van der Waals surface area contributed by atoms with Crippen molar-refractivity contribution in [1.29, 1.82) is 0 Å². The maximum atomic E-state index is 12.3. The first-order valence-corrected chi connectivity index (χ1v) is 10.4. The number of pyridine rings is 1. The zero-order chi connectivity index (χ0) is 17.9. The molecule has 2 N–H and O–H groups in total. The molecule has 5 rings (SSSR count). The molecule has 0 atom stereocenters. The third-order valence-electron chi connectivity index (χ3n) is 5.10. The smallest absolute Gasteiger partial charge is 0.261 e. The van der Waals surface area contributed by atoms with Crippen LogP contribution in [0, 0.1) is 5.92 Å². The molecule has 0 bridgehead atoms. The normalized spacial score (nSPS) is 18.2. The summed E-state index contributed by atoms with van der Waals surface area (Å²) in [7, 11) is -3.14. The molecular formula is C18H18N4O3S. The average Bonchev–Trinajstić information content (AvgIpc) is 3.28. The van der Waals surface area contributed by atoms with Crippen LogP contribution in [-0.2, 0) is 22.8 Å². The van der Waals surface area contributed by atoms with E-state index in [0.717, 1.165) is 23.3 Å². The molecule has 0 radical (unpaired) electrons. The van der Waals surface area contributed by atoms with Gasteiger partial charge in [-0.05, 0) is 55.0 Å². The number of nitrogens with one attached hydrogen (secondary N) is 2. The van der Waals surface area contributed by atoms with E-state index in [0.29, 0.717) is 28.4 Å². The number of sulfone groups is 1. The van der Waals surface area contributed by atoms with Gasteiger partial charge in [0.15, 0.2) is 15.7 Å². The second kappa shape index (κ2) is 5.44. The quantitative estimate of drug-likeness (QED) is 0.734. The van der Waals surface area contributed by atoms with Crippen molar-refractivity contribution in [2.75, 3.05) is 11.1 Å². The van der Waals surface area contributed by atoms with Gasteiger partial charge in [0.1, 0.15) is 5.39 Å². The van der Waals surface area contributed by atoms with Gasteiger partial charge in [0, 0.05) is 18.4 Å². The molecule has 0 spiro atoms. The molecule has 3 heterocycles. The van der Waals surface area contributed by atoms with Crippen LogP contribution in [-0.4, -0.2) is 28.9 Å². The van der Waals surface area contributed by atoms with Gasteiger partial charge in [-0.25, -0.2) is 8.42 Å². The molecule has 134 valence electrons. The van der Waals surface area contributed by atoms with E-state index < -0.39 is 9.84 Å². The second-order valence-corrected chi connectivity index (χ2v) is 9.14. The number of aryl methyl sites for hydroxylation is 1. The predicted molar refractivity (Wildman–Crippen MR) is 98.6 cm³/mol. The highest BCUT2D eigenvalue weighted by atomic mass is 32.2. The molecule has 7 nitrogen and oxygen atoms in total. The molecule has 1 saturated carbocycles. The zero-order valence-electron chi connectivity index (χ0n) is 14.0. The van der Waals surface area contributed by atoms with Crippen LogP contribution >= 0.6 is 0 Å². The predicted octanol–water partition coefficient (Wildman–Crippen LogP) is 2.21. The minimum Gasteiger partial charge on any atom is -0.338 e. The summed E-state index contributed by atoms with van der Waals surface area (Å²) >= 11 is 0. The molecule has 0 saturated heterocycles. The number of nitrogens with zero attached hydrogens (tertiary/aromatic N) is 2. The van der Waals surface area contributed by atoms with Crippen LogP contribution in [0.25, 0.3) is 10.9 Å². The molecule has 26 heavy (non-hydrogen) atoms. The number of hydrogen-bond donors (Lipinski definition) is 2. The van der Waals surface area contributed by atoms with E-state index >= 15 is 0 Å². The molecule has 3 aromatic rings. The lowest BCUT2D eigenvalue weighted by molar-refractivity contribution is 0.582. The Morgan fingerprint density at radius 1 is 1.27 bits per heavy atom. The summed E-state index contributed by atoms with van der Waals surface area (Å²) in [5.74, 6) is 1.29. The lowest BCUT2D eigenvalue weighted by atomic mass is 10.1. The summed E-state index contributed by atoms with van der Waals surface area (Å²) in [4.78, 5) is 15.5. The minimum atomic E-state index is -3.14. The van der Waals surface area contributed by atoms with Crippen LogP contribution in [0.4, 0.5) is 11.5 Å². The van der Waals surface area contributed by atoms with Crippen molar-refractivity contribution in [3.8, 4) is 0 Å². The van der Waals surface area contributed by atoms with Gasteiger partial charge >= 0.3 is 0 Å². The van der Waals surface area contributed by atoms with Crippen LogP contribution in [0.15, 0.2) is 40.2 Å². The van der Waals surface area contributed by atoms with Crippen molar-refractivity contribution in [2.45, 2.75) is 30.7 Å². The number of anilines is 2. The molecule has 1 aliphatic heterocycles.